The summed E-state index contributed by atoms with van der Waals surface area (Å²) in [5.41, 5.74) is 1.08. The Morgan fingerprint density at radius 1 is 1.37 bits per heavy atom. The third kappa shape index (κ3) is 2.38. The van der Waals surface area contributed by atoms with Crippen LogP contribution in [0, 0.1) is 6.57 Å². The van der Waals surface area contributed by atoms with Crippen LogP contribution in [0.25, 0.3) is 16.0 Å². The van der Waals surface area contributed by atoms with Gasteiger partial charge in [-0.3, -0.25) is 0 Å². The van der Waals surface area contributed by atoms with Crippen molar-refractivity contribution in [2.75, 3.05) is 7.11 Å². The van der Waals surface area contributed by atoms with Crippen LogP contribution in [0.1, 0.15) is 10.4 Å². The number of aromatic nitrogens is 1. The second-order valence-electron chi connectivity index (χ2n) is 3.71. The number of ether oxygens (including phenoxy) is 1. The third-order valence-electron chi connectivity index (χ3n) is 2.63. The first kappa shape index (κ1) is 12.6. The van der Waals surface area contributed by atoms with Gasteiger partial charge in [-0.15, -0.1) is 4.98 Å². The van der Waals surface area contributed by atoms with E-state index >= 15 is 0 Å². The standard InChI is InChI=1S/C14H10N2O3/c1-15-13-7-10(11(8-16-13)14(17)18)9-5-3-4-6-12(9)19-2/h3-8H,2H3,(H,17,18). The van der Waals surface area contributed by atoms with Crippen molar-refractivity contribution in [1.29, 1.82) is 0 Å². The van der Waals surface area contributed by atoms with Crippen LogP contribution in [-0.4, -0.2) is 23.2 Å². The molecule has 0 spiro atoms. The smallest absolute Gasteiger partial charge is 0.340 e. The molecule has 0 saturated heterocycles. The van der Waals surface area contributed by atoms with Crippen molar-refractivity contribution in [3.8, 4) is 16.9 Å². The van der Waals surface area contributed by atoms with Crippen LogP contribution < -0.4 is 4.74 Å². The van der Waals surface area contributed by atoms with Crippen molar-refractivity contribution in [3.05, 3.63) is 53.5 Å². The maximum atomic E-state index is 11.2. The molecule has 1 aromatic heterocycles. The summed E-state index contributed by atoms with van der Waals surface area (Å²) in [6, 6.07) is 8.50. The Bertz CT molecular complexity index is 675. The van der Waals surface area contributed by atoms with Crippen molar-refractivity contribution >= 4 is 11.8 Å². The van der Waals surface area contributed by atoms with Gasteiger partial charge in [-0.05, 0) is 17.7 Å². The minimum Gasteiger partial charge on any atom is -0.496 e. The Hall–Kier alpha value is -2.87. The average molecular weight is 254 g/mol. The number of aromatic carboxylic acids is 1. The quantitative estimate of drug-likeness (QED) is 0.855. The summed E-state index contributed by atoms with van der Waals surface area (Å²) in [5, 5.41) is 9.20. The number of hydrogen-bond acceptors (Lipinski definition) is 3. The number of para-hydroxylation sites is 1. The van der Waals surface area contributed by atoms with Crippen LogP contribution in [0.2, 0.25) is 0 Å². The fraction of sp³-hybridized carbons (Fsp3) is 0.0714. The summed E-state index contributed by atoms with van der Waals surface area (Å²) in [4.78, 5) is 18.2. The molecule has 5 nitrogen and oxygen atoms in total. The first-order valence-electron chi connectivity index (χ1n) is 5.41. The van der Waals surface area contributed by atoms with Crippen LogP contribution in [-0.2, 0) is 0 Å². The van der Waals surface area contributed by atoms with Crippen molar-refractivity contribution in [3.63, 3.8) is 0 Å². The van der Waals surface area contributed by atoms with E-state index in [0.717, 1.165) is 0 Å². The minimum atomic E-state index is -1.09. The molecule has 2 rings (SSSR count). The van der Waals surface area contributed by atoms with E-state index in [1.54, 1.807) is 24.3 Å². The molecule has 0 amide bonds. The van der Waals surface area contributed by atoms with Crippen molar-refractivity contribution in [2.45, 2.75) is 0 Å². The zero-order valence-corrected chi connectivity index (χ0v) is 10.1. The predicted octanol–water partition coefficient (Wildman–Crippen LogP) is 3.01. The van der Waals surface area contributed by atoms with Gasteiger partial charge in [-0.25, -0.2) is 4.79 Å². The van der Waals surface area contributed by atoms with E-state index in [1.165, 1.54) is 19.4 Å². The number of hydrogen-bond donors (Lipinski definition) is 1. The normalized spacial score (nSPS) is 9.68. The molecule has 1 aromatic carbocycles. The van der Waals surface area contributed by atoms with E-state index in [4.69, 9.17) is 11.3 Å². The molecule has 0 saturated carbocycles. The highest BCUT2D eigenvalue weighted by atomic mass is 16.5. The summed E-state index contributed by atoms with van der Waals surface area (Å²) >= 11 is 0. The van der Waals surface area contributed by atoms with Gasteiger partial charge in [0.1, 0.15) is 17.5 Å². The lowest BCUT2D eigenvalue weighted by Gasteiger charge is -2.10. The summed E-state index contributed by atoms with van der Waals surface area (Å²) in [7, 11) is 1.51. The number of pyridine rings is 1. The molecule has 2 aromatic rings. The lowest BCUT2D eigenvalue weighted by Crippen LogP contribution is -2.01. The maximum Gasteiger partial charge on any atom is 0.340 e. The topological polar surface area (TPSA) is 63.8 Å². The Labute approximate surface area is 109 Å². The Morgan fingerprint density at radius 3 is 2.74 bits per heavy atom. The minimum absolute atomic E-state index is 0.0388. The van der Waals surface area contributed by atoms with E-state index in [2.05, 4.69) is 9.83 Å². The number of carbonyl (C=O) groups is 1. The molecule has 0 aliphatic carbocycles. The molecular weight excluding hydrogens is 244 g/mol. The zero-order chi connectivity index (χ0) is 13.8. The van der Waals surface area contributed by atoms with Crippen LogP contribution >= 0.6 is 0 Å². The van der Waals surface area contributed by atoms with Gasteiger partial charge in [0.05, 0.1) is 7.11 Å². The van der Waals surface area contributed by atoms with Gasteiger partial charge >= 0.3 is 5.97 Å². The molecule has 5 heteroatoms. The van der Waals surface area contributed by atoms with E-state index in [1.807, 2.05) is 0 Å². The molecule has 0 bridgehead atoms. The monoisotopic (exact) mass is 254 g/mol. The van der Waals surface area contributed by atoms with E-state index in [0.29, 0.717) is 16.9 Å². The molecule has 0 unspecified atom stereocenters. The van der Waals surface area contributed by atoms with E-state index in [-0.39, 0.29) is 11.4 Å². The Morgan fingerprint density at radius 2 is 2.11 bits per heavy atom. The number of rotatable bonds is 3. The van der Waals surface area contributed by atoms with Crippen LogP contribution in [0.5, 0.6) is 5.75 Å². The molecule has 0 radical (unpaired) electrons. The lowest BCUT2D eigenvalue weighted by molar-refractivity contribution is 0.0697. The molecule has 1 N–H and O–H groups in total. The molecule has 0 aliphatic rings. The SMILES string of the molecule is [C-]#[N+]c1cc(-c2ccccc2OC)c(C(=O)O)cn1. The molecule has 0 aliphatic heterocycles. The number of methoxy groups -OCH3 is 1. The molecule has 19 heavy (non-hydrogen) atoms. The number of carboxylic acids is 1. The van der Waals surface area contributed by atoms with Gasteiger partial charge in [0.15, 0.2) is 0 Å². The lowest BCUT2D eigenvalue weighted by atomic mass is 10.0. The van der Waals surface area contributed by atoms with Crippen molar-refractivity contribution in [1.82, 2.24) is 4.98 Å². The highest BCUT2D eigenvalue weighted by molar-refractivity contribution is 5.97. The van der Waals surface area contributed by atoms with Crippen LogP contribution in [0.3, 0.4) is 0 Å². The van der Waals surface area contributed by atoms with Gasteiger partial charge in [0.25, 0.3) is 5.82 Å². The number of nitrogens with zero attached hydrogens (tertiary/aromatic N) is 2. The fourth-order valence-electron chi connectivity index (χ4n) is 1.77. The Kier molecular flexibility index (Phi) is 3.44. The third-order valence-corrected chi connectivity index (χ3v) is 2.63. The van der Waals surface area contributed by atoms with Crippen molar-refractivity contribution < 1.29 is 14.6 Å². The van der Waals surface area contributed by atoms with Crippen LogP contribution in [0.15, 0.2) is 36.5 Å². The Balaban J connectivity index is 2.72. The first-order chi connectivity index (χ1) is 9.17. The second-order valence-corrected chi connectivity index (χ2v) is 3.71. The first-order valence-corrected chi connectivity index (χ1v) is 5.41. The van der Waals surface area contributed by atoms with Gasteiger partial charge in [-0.1, -0.05) is 24.8 Å². The highest BCUT2D eigenvalue weighted by Gasteiger charge is 2.17. The summed E-state index contributed by atoms with van der Waals surface area (Å²) < 4.78 is 5.22. The molecule has 1 heterocycles. The molecule has 0 atom stereocenters. The largest absolute Gasteiger partial charge is 0.496 e. The van der Waals surface area contributed by atoms with E-state index < -0.39 is 5.97 Å². The summed E-state index contributed by atoms with van der Waals surface area (Å²) in [6.45, 7) is 6.96. The molecule has 0 fully saturated rings. The fourth-order valence-corrected chi connectivity index (χ4v) is 1.77. The number of benzene rings is 1. The maximum absolute atomic E-state index is 11.2. The highest BCUT2D eigenvalue weighted by Crippen LogP contribution is 2.33. The predicted molar refractivity (Wildman–Crippen MR) is 69.4 cm³/mol. The molecule has 94 valence electrons. The van der Waals surface area contributed by atoms with Gasteiger partial charge in [0, 0.05) is 5.56 Å². The summed E-state index contributed by atoms with van der Waals surface area (Å²) in [5.74, 6) is -0.400. The van der Waals surface area contributed by atoms with Gasteiger partial charge in [-0.2, -0.15) is 0 Å². The van der Waals surface area contributed by atoms with Gasteiger partial charge < -0.3 is 14.7 Å². The second kappa shape index (κ2) is 5.19. The summed E-state index contributed by atoms with van der Waals surface area (Å²) in [6.07, 6.45) is 1.19. The van der Waals surface area contributed by atoms with Crippen LogP contribution in [0.4, 0.5) is 5.82 Å². The average Bonchev–Trinajstić information content (AvgIpc) is 2.46. The zero-order valence-electron chi connectivity index (χ0n) is 10.1. The number of carboxylic acid groups (broad SMARTS) is 1. The van der Waals surface area contributed by atoms with Gasteiger partial charge in [0.2, 0.25) is 0 Å². The van der Waals surface area contributed by atoms with Crippen molar-refractivity contribution in [2.24, 2.45) is 0 Å². The van der Waals surface area contributed by atoms with E-state index in [9.17, 15) is 9.90 Å². The molecular formula is C14H10N2O3.